The number of nitro groups is 1. The van der Waals surface area contributed by atoms with E-state index in [0.717, 1.165) is 0 Å². The van der Waals surface area contributed by atoms with Crippen LogP contribution in [-0.4, -0.2) is 15.0 Å². The summed E-state index contributed by atoms with van der Waals surface area (Å²) in [6.45, 7) is 0. The Kier molecular flexibility index (Phi) is 2.51. The van der Waals surface area contributed by atoms with Gasteiger partial charge in [-0.05, 0) is 24.3 Å². The minimum Gasteiger partial charge on any atom is -0.506 e. The van der Waals surface area contributed by atoms with E-state index >= 15 is 0 Å². The zero-order valence-corrected chi connectivity index (χ0v) is 8.20. The van der Waals surface area contributed by atoms with Crippen molar-refractivity contribution in [3.8, 4) is 17.0 Å². The van der Waals surface area contributed by atoms with Gasteiger partial charge in [0.2, 0.25) is 0 Å². The first kappa shape index (κ1) is 10.1. The molecule has 80 valence electrons. The van der Waals surface area contributed by atoms with Crippen LogP contribution in [-0.2, 0) is 0 Å². The number of non-ortho nitro benzene ring substituents is 1. The summed E-state index contributed by atoms with van der Waals surface area (Å²) in [5, 5.41) is 20.0. The molecule has 0 aliphatic rings. The van der Waals surface area contributed by atoms with Gasteiger partial charge in [0.05, 0.1) is 4.92 Å². The second-order valence-electron chi connectivity index (χ2n) is 3.18. The third-order valence-electron chi connectivity index (χ3n) is 2.14. The maximum absolute atomic E-state index is 10.5. The number of nitro benzene ring substituents is 1. The molecular weight excluding hydrogens is 208 g/mol. The normalized spacial score (nSPS) is 10.0. The molecule has 1 aromatic carbocycles. The predicted octanol–water partition coefficient (Wildman–Crippen LogP) is 2.36. The third-order valence-corrected chi connectivity index (χ3v) is 2.14. The van der Waals surface area contributed by atoms with Crippen LogP contribution in [0.2, 0.25) is 0 Å². The van der Waals surface area contributed by atoms with Gasteiger partial charge in [-0.3, -0.25) is 15.1 Å². The molecule has 0 atom stereocenters. The quantitative estimate of drug-likeness (QED) is 0.617. The average Bonchev–Trinajstić information content (AvgIpc) is 2.30. The Morgan fingerprint density at radius 2 is 1.88 bits per heavy atom. The van der Waals surface area contributed by atoms with E-state index in [2.05, 4.69) is 4.98 Å². The van der Waals surface area contributed by atoms with Crippen molar-refractivity contribution < 1.29 is 10.0 Å². The molecule has 1 N–H and O–H groups in total. The van der Waals surface area contributed by atoms with Crippen molar-refractivity contribution >= 4 is 5.69 Å². The van der Waals surface area contributed by atoms with Crippen molar-refractivity contribution in [2.75, 3.05) is 0 Å². The molecule has 0 saturated heterocycles. The molecule has 1 heterocycles. The lowest BCUT2D eigenvalue weighted by atomic mass is 10.1. The molecular formula is C11H8N2O3. The lowest BCUT2D eigenvalue weighted by Crippen LogP contribution is -1.88. The van der Waals surface area contributed by atoms with E-state index in [9.17, 15) is 15.2 Å². The number of aromatic nitrogens is 1. The summed E-state index contributed by atoms with van der Waals surface area (Å²) in [5.74, 6) is 0.0522. The van der Waals surface area contributed by atoms with Gasteiger partial charge in [0, 0.05) is 23.9 Å². The maximum Gasteiger partial charge on any atom is 0.269 e. The van der Waals surface area contributed by atoms with E-state index < -0.39 is 4.92 Å². The number of rotatable bonds is 2. The highest BCUT2D eigenvalue weighted by atomic mass is 16.6. The fourth-order valence-corrected chi connectivity index (χ4v) is 1.36. The fourth-order valence-electron chi connectivity index (χ4n) is 1.36. The number of hydrogen-bond acceptors (Lipinski definition) is 4. The summed E-state index contributed by atoms with van der Waals surface area (Å²) in [6, 6.07) is 9.00. The molecule has 16 heavy (non-hydrogen) atoms. The molecule has 2 rings (SSSR count). The van der Waals surface area contributed by atoms with Gasteiger partial charge in [0.25, 0.3) is 5.69 Å². The number of pyridine rings is 1. The lowest BCUT2D eigenvalue weighted by molar-refractivity contribution is -0.384. The summed E-state index contributed by atoms with van der Waals surface area (Å²) < 4.78 is 0. The van der Waals surface area contributed by atoms with Crippen molar-refractivity contribution in [2.24, 2.45) is 0 Å². The smallest absolute Gasteiger partial charge is 0.269 e. The Morgan fingerprint density at radius 1 is 1.19 bits per heavy atom. The first-order valence-corrected chi connectivity index (χ1v) is 4.57. The van der Waals surface area contributed by atoms with Crippen molar-refractivity contribution in [3.63, 3.8) is 0 Å². The topological polar surface area (TPSA) is 76.3 Å². The van der Waals surface area contributed by atoms with Crippen LogP contribution in [0.1, 0.15) is 0 Å². The van der Waals surface area contributed by atoms with Crippen LogP contribution in [0.15, 0.2) is 42.6 Å². The van der Waals surface area contributed by atoms with Crippen LogP contribution in [0.3, 0.4) is 0 Å². The van der Waals surface area contributed by atoms with Gasteiger partial charge in [-0.1, -0.05) is 0 Å². The summed E-state index contributed by atoms with van der Waals surface area (Å²) in [7, 11) is 0. The van der Waals surface area contributed by atoms with E-state index in [1.807, 2.05) is 0 Å². The Balaban J connectivity index is 2.43. The van der Waals surface area contributed by atoms with E-state index in [4.69, 9.17) is 0 Å². The number of benzene rings is 1. The highest BCUT2D eigenvalue weighted by Gasteiger charge is 2.08. The molecule has 0 bridgehead atoms. The second kappa shape index (κ2) is 3.98. The number of hydrogen-bond donors (Lipinski definition) is 1. The molecule has 5 heteroatoms. The van der Waals surface area contributed by atoms with Crippen molar-refractivity contribution in [1.82, 2.24) is 4.98 Å². The Labute approximate surface area is 91.2 Å². The van der Waals surface area contributed by atoms with E-state index in [-0.39, 0.29) is 11.4 Å². The Bertz CT molecular complexity index is 523. The van der Waals surface area contributed by atoms with Crippen LogP contribution < -0.4 is 0 Å². The van der Waals surface area contributed by atoms with Crippen LogP contribution in [0.25, 0.3) is 11.3 Å². The van der Waals surface area contributed by atoms with Gasteiger partial charge in [-0.2, -0.15) is 0 Å². The van der Waals surface area contributed by atoms with Crippen molar-refractivity contribution in [2.45, 2.75) is 0 Å². The molecule has 0 spiro atoms. The highest BCUT2D eigenvalue weighted by molar-refractivity contribution is 5.66. The molecule has 0 unspecified atom stereocenters. The molecule has 0 fully saturated rings. The van der Waals surface area contributed by atoms with Crippen molar-refractivity contribution in [3.05, 3.63) is 52.7 Å². The SMILES string of the molecule is O=[N+]([O-])c1ccc(-c2ncccc2O)cc1. The van der Waals surface area contributed by atoms with Crippen LogP contribution in [0.4, 0.5) is 5.69 Å². The minimum atomic E-state index is -0.470. The van der Waals surface area contributed by atoms with Gasteiger partial charge < -0.3 is 5.11 Å². The van der Waals surface area contributed by atoms with Gasteiger partial charge in [-0.25, -0.2) is 0 Å². The third kappa shape index (κ3) is 1.83. The fraction of sp³-hybridized carbons (Fsp3) is 0. The molecule has 2 aromatic rings. The van der Waals surface area contributed by atoms with E-state index in [1.165, 1.54) is 18.2 Å². The standard InChI is InChI=1S/C11H8N2O3/c14-10-2-1-7-12-11(10)8-3-5-9(6-4-8)13(15)16/h1-7,14H. The van der Waals surface area contributed by atoms with Gasteiger partial charge in [-0.15, -0.1) is 0 Å². The minimum absolute atomic E-state index is 0.0131. The summed E-state index contributed by atoms with van der Waals surface area (Å²) in [5.41, 5.74) is 1.07. The number of aromatic hydroxyl groups is 1. The molecule has 5 nitrogen and oxygen atoms in total. The number of nitrogens with zero attached hydrogens (tertiary/aromatic N) is 2. The Hall–Kier alpha value is -2.43. The summed E-state index contributed by atoms with van der Waals surface area (Å²) >= 11 is 0. The molecule has 0 aliphatic heterocycles. The Morgan fingerprint density at radius 3 is 2.44 bits per heavy atom. The zero-order valence-electron chi connectivity index (χ0n) is 8.20. The van der Waals surface area contributed by atoms with Gasteiger partial charge in [0.15, 0.2) is 0 Å². The summed E-state index contributed by atoms with van der Waals surface area (Å²) in [6.07, 6.45) is 1.55. The zero-order chi connectivity index (χ0) is 11.5. The molecule has 0 radical (unpaired) electrons. The maximum atomic E-state index is 10.5. The highest BCUT2D eigenvalue weighted by Crippen LogP contribution is 2.27. The lowest BCUT2D eigenvalue weighted by Gasteiger charge is -2.02. The van der Waals surface area contributed by atoms with E-state index in [0.29, 0.717) is 11.3 Å². The van der Waals surface area contributed by atoms with Gasteiger partial charge >= 0.3 is 0 Å². The van der Waals surface area contributed by atoms with Crippen LogP contribution in [0.5, 0.6) is 5.75 Å². The predicted molar refractivity (Wildman–Crippen MR) is 58.0 cm³/mol. The first-order chi connectivity index (χ1) is 7.68. The van der Waals surface area contributed by atoms with Crippen LogP contribution >= 0.6 is 0 Å². The van der Waals surface area contributed by atoms with E-state index in [1.54, 1.807) is 24.4 Å². The average molecular weight is 216 g/mol. The van der Waals surface area contributed by atoms with Crippen LogP contribution in [0, 0.1) is 10.1 Å². The largest absolute Gasteiger partial charge is 0.506 e. The molecule has 0 amide bonds. The molecule has 1 aromatic heterocycles. The first-order valence-electron chi connectivity index (χ1n) is 4.57. The molecule has 0 aliphatic carbocycles. The molecule has 0 saturated carbocycles. The van der Waals surface area contributed by atoms with Crippen molar-refractivity contribution in [1.29, 1.82) is 0 Å². The monoisotopic (exact) mass is 216 g/mol. The van der Waals surface area contributed by atoms with Gasteiger partial charge in [0.1, 0.15) is 11.4 Å². The second-order valence-corrected chi connectivity index (χ2v) is 3.18. The summed E-state index contributed by atoms with van der Waals surface area (Å²) in [4.78, 5) is 14.0.